The van der Waals surface area contributed by atoms with Gasteiger partial charge in [-0.2, -0.15) is 0 Å². The lowest BCUT2D eigenvalue weighted by molar-refractivity contribution is 0.487. The van der Waals surface area contributed by atoms with Crippen molar-refractivity contribution in [3.8, 4) is 0 Å². The van der Waals surface area contributed by atoms with Crippen LogP contribution < -0.4 is 5.73 Å². The summed E-state index contributed by atoms with van der Waals surface area (Å²) in [4.78, 5) is 4.05. The molecule has 0 amide bonds. The number of nitrogens with two attached hydrogens (primary N) is 1. The molecule has 62 valence electrons. The van der Waals surface area contributed by atoms with E-state index in [9.17, 15) is 0 Å². The third kappa shape index (κ3) is 1.60. The second-order valence-corrected chi connectivity index (χ2v) is 2.74. The zero-order valence-electron chi connectivity index (χ0n) is 7.12. The highest BCUT2D eigenvalue weighted by molar-refractivity contribution is 4.96. The molecule has 0 radical (unpaired) electrons. The third-order valence-electron chi connectivity index (χ3n) is 2.00. The Morgan fingerprint density at radius 2 is 2.45 bits per heavy atom. The molecule has 11 heavy (non-hydrogen) atoms. The van der Waals surface area contributed by atoms with Gasteiger partial charge in [-0.05, 0) is 13.3 Å². The molecule has 2 N–H and O–H groups in total. The molecule has 0 aliphatic carbocycles. The number of imidazole rings is 1. The van der Waals surface area contributed by atoms with Gasteiger partial charge in [-0.3, -0.25) is 0 Å². The normalized spacial score (nSPS) is 13.4. The lowest BCUT2D eigenvalue weighted by atomic mass is 10.2. The van der Waals surface area contributed by atoms with Crippen molar-refractivity contribution in [3.05, 3.63) is 18.2 Å². The van der Waals surface area contributed by atoms with Gasteiger partial charge in [0.1, 0.15) is 0 Å². The molecule has 1 unspecified atom stereocenters. The first kappa shape index (κ1) is 8.27. The van der Waals surface area contributed by atoms with Crippen molar-refractivity contribution in [2.75, 3.05) is 6.54 Å². The van der Waals surface area contributed by atoms with E-state index >= 15 is 0 Å². The minimum absolute atomic E-state index is 0.414. The lowest BCUT2D eigenvalue weighted by Crippen LogP contribution is -2.18. The monoisotopic (exact) mass is 153 g/mol. The van der Waals surface area contributed by atoms with Gasteiger partial charge >= 0.3 is 0 Å². The van der Waals surface area contributed by atoms with Crippen LogP contribution in [0.3, 0.4) is 0 Å². The van der Waals surface area contributed by atoms with Crippen molar-refractivity contribution in [2.24, 2.45) is 5.73 Å². The van der Waals surface area contributed by atoms with Gasteiger partial charge in [0.25, 0.3) is 0 Å². The molecule has 3 heteroatoms. The van der Waals surface area contributed by atoms with E-state index in [1.54, 1.807) is 0 Å². The molecule has 0 aliphatic rings. The maximum Gasteiger partial charge on any atom is 0.0951 e. The van der Waals surface area contributed by atoms with Crippen LogP contribution >= 0.6 is 0 Å². The Morgan fingerprint density at radius 3 is 2.82 bits per heavy atom. The molecule has 3 nitrogen and oxygen atoms in total. The van der Waals surface area contributed by atoms with Gasteiger partial charge in [0.05, 0.1) is 6.33 Å². The number of hydrogen-bond donors (Lipinski definition) is 1. The summed E-state index contributed by atoms with van der Waals surface area (Å²) in [7, 11) is 0. The largest absolute Gasteiger partial charge is 0.331 e. The van der Waals surface area contributed by atoms with Crippen LogP contribution in [-0.4, -0.2) is 16.1 Å². The molecule has 1 aromatic rings. The third-order valence-corrected chi connectivity index (χ3v) is 2.00. The highest BCUT2D eigenvalue weighted by Gasteiger charge is 2.06. The number of aromatic nitrogens is 2. The summed E-state index contributed by atoms with van der Waals surface area (Å²) in [6.07, 6.45) is 4.77. The molecule has 1 aromatic heterocycles. The summed E-state index contributed by atoms with van der Waals surface area (Å²) >= 11 is 0. The Kier molecular flexibility index (Phi) is 2.65. The fraction of sp³-hybridized carbons (Fsp3) is 0.625. The summed E-state index contributed by atoms with van der Waals surface area (Å²) in [5.74, 6) is 0. The maximum absolute atomic E-state index is 5.59. The van der Waals surface area contributed by atoms with E-state index in [4.69, 9.17) is 5.73 Å². The predicted octanol–water partition coefficient (Wildman–Crippen LogP) is 1.10. The van der Waals surface area contributed by atoms with E-state index in [0.29, 0.717) is 12.6 Å². The zero-order valence-corrected chi connectivity index (χ0v) is 7.12. The highest BCUT2D eigenvalue weighted by Crippen LogP contribution is 2.11. The minimum atomic E-state index is 0.414. The first-order valence-corrected chi connectivity index (χ1v) is 3.98. The van der Waals surface area contributed by atoms with Gasteiger partial charge in [-0.15, -0.1) is 0 Å². The van der Waals surface area contributed by atoms with Crippen LogP contribution in [0.4, 0.5) is 0 Å². The van der Waals surface area contributed by atoms with Crippen molar-refractivity contribution in [1.29, 1.82) is 0 Å². The van der Waals surface area contributed by atoms with Crippen molar-refractivity contribution in [1.82, 2.24) is 9.55 Å². The summed E-state index contributed by atoms with van der Waals surface area (Å²) in [6, 6.07) is 0.414. The van der Waals surface area contributed by atoms with Crippen LogP contribution in [0.15, 0.2) is 12.5 Å². The van der Waals surface area contributed by atoms with Gasteiger partial charge in [0.15, 0.2) is 0 Å². The smallest absolute Gasteiger partial charge is 0.0951 e. The Balaban J connectivity index is 2.81. The molecule has 0 aromatic carbocycles. The molecule has 1 heterocycles. The summed E-state index contributed by atoms with van der Waals surface area (Å²) in [5.41, 5.74) is 6.78. The average Bonchev–Trinajstić information content (AvgIpc) is 2.40. The first-order valence-electron chi connectivity index (χ1n) is 3.98. The second-order valence-electron chi connectivity index (χ2n) is 2.74. The second kappa shape index (κ2) is 3.53. The molecule has 0 spiro atoms. The van der Waals surface area contributed by atoms with Gasteiger partial charge < -0.3 is 10.3 Å². The topological polar surface area (TPSA) is 43.8 Å². The molecular weight excluding hydrogens is 138 g/mol. The fourth-order valence-electron chi connectivity index (χ4n) is 1.23. The quantitative estimate of drug-likeness (QED) is 0.706. The van der Waals surface area contributed by atoms with E-state index in [-0.39, 0.29) is 0 Å². The van der Waals surface area contributed by atoms with Crippen molar-refractivity contribution >= 4 is 0 Å². The molecule has 0 fully saturated rings. The molecule has 0 aliphatic heterocycles. The number of nitrogens with zero attached hydrogens (tertiary/aromatic N) is 2. The zero-order chi connectivity index (χ0) is 8.27. The van der Waals surface area contributed by atoms with Crippen LogP contribution in [0.2, 0.25) is 0 Å². The van der Waals surface area contributed by atoms with Gasteiger partial charge in [0.2, 0.25) is 0 Å². The van der Waals surface area contributed by atoms with Crippen LogP contribution in [0.25, 0.3) is 0 Å². The van der Waals surface area contributed by atoms with Crippen molar-refractivity contribution in [2.45, 2.75) is 26.3 Å². The first-order chi connectivity index (χ1) is 5.29. The van der Waals surface area contributed by atoms with Crippen molar-refractivity contribution < 1.29 is 0 Å². The SMILES string of the molecule is CCC(CN)n1cncc1C. The van der Waals surface area contributed by atoms with E-state index in [1.165, 1.54) is 5.69 Å². The van der Waals surface area contributed by atoms with Gasteiger partial charge in [-0.1, -0.05) is 6.92 Å². The predicted molar refractivity (Wildman–Crippen MR) is 45.3 cm³/mol. The Bertz CT molecular complexity index is 213. The van der Waals surface area contributed by atoms with Crippen LogP contribution in [0.5, 0.6) is 0 Å². The van der Waals surface area contributed by atoms with Crippen molar-refractivity contribution in [3.63, 3.8) is 0 Å². The fourth-order valence-corrected chi connectivity index (χ4v) is 1.23. The standard InChI is InChI=1S/C8H15N3/c1-3-8(4-9)11-6-10-5-7(11)2/h5-6,8H,3-4,9H2,1-2H3. The molecule has 0 bridgehead atoms. The minimum Gasteiger partial charge on any atom is -0.331 e. The summed E-state index contributed by atoms with van der Waals surface area (Å²) in [6.45, 7) is 4.87. The van der Waals surface area contributed by atoms with E-state index in [1.807, 2.05) is 19.4 Å². The molecule has 0 saturated heterocycles. The highest BCUT2D eigenvalue weighted by atomic mass is 15.1. The molecular formula is C8H15N3. The Hall–Kier alpha value is -0.830. The van der Waals surface area contributed by atoms with E-state index in [0.717, 1.165) is 6.42 Å². The summed E-state index contributed by atoms with van der Waals surface area (Å²) in [5, 5.41) is 0. The van der Waals surface area contributed by atoms with Crippen LogP contribution in [0, 0.1) is 6.92 Å². The molecule has 1 rings (SSSR count). The number of rotatable bonds is 3. The van der Waals surface area contributed by atoms with Gasteiger partial charge in [-0.25, -0.2) is 4.98 Å². The Labute approximate surface area is 67.2 Å². The maximum atomic E-state index is 5.59. The van der Waals surface area contributed by atoms with E-state index < -0.39 is 0 Å². The van der Waals surface area contributed by atoms with Gasteiger partial charge in [0, 0.05) is 24.5 Å². The average molecular weight is 153 g/mol. The number of hydrogen-bond acceptors (Lipinski definition) is 2. The Morgan fingerprint density at radius 1 is 1.73 bits per heavy atom. The van der Waals surface area contributed by atoms with Crippen LogP contribution in [-0.2, 0) is 0 Å². The summed E-state index contributed by atoms with van der Waals surface area (Å²) < 4.78 is 2.12. The van der Waals surface area contributed by atoms with E-state index in [2.05, 4.69) is 16.5 Å². The number of aryl methyl sites for hydroxylation is 1. The lowest BCUT2D eigenvalue weighted by Gasteiger charge is -2.15. The molecule has 1 atom stereocenters. The molecule has 0 saturated carbocycles. The van der Waals surface area contributed by atoms with Crippen LogP contribution in [0.1, 0.15) is 25.1 Å².